The van der Waals surface area contributed by atoms with Crippen molar-refractivity contribution in [1.29, 1.82) is 0 Å². The van der Waals surface area contributed by atoms with E-state index in [1.807, 2.05) is 0 Å². The average Bonchev–Trinajstić information content (AvgIpc) is 2.95. The number of ether oxygens (including phenoxy) is 1. The van der Waals surface area contributed by atoms with Gasteiger partial charge in [0.2, 0.25) is 0 Å². The van der Waals surface area contributed by atoms with Gasteiger partial charge in [0.1, 0.15) is 5.60 Å². The molecule has 5 atom stereocenters. The van der Waals surface area contributed by atoms with Gasteiger partial charge in [-0.05, 0) is 76.0 Å². The lowest BCUT2D eigenvalue weighted by Gasteiger charge is -2.42. The maximum atomic E-state index is 12.8. The summed E-state index contributed by atoms with van der Waals surface area (Å²) in [6.07, 6.45) is 7.46. The molecular formula is C20H34O2. The van der Waals surface area contributed by atoms with Crippen molar-refractivity contribution in [2.45, 2.75) is 85.7 Å². The van der Waals surface area contributed by atoms with E-state index in [0.29, 0.717) is 5.92 Å². The van der Waals surface area contributed by atoms with Crippen LogP contribution < -0.4 is 0 Å². The minimum atomic E-state index is -0.391. The minimum absolute atomic E-state index is 0.0204. The molecule has 126 valence electrons. The molecule has 0 spiro atoms. The third kappa shape index (κ3) is 2.71. The van der Waals surface area contributed by atoms with Crippen LogP contribution in [-0.4, -0.2) is 11.6 Å². The summed E-state index contributed by atoms with van der Waals surface area (Å²) in [6.45, 7) is 12.9. The Kier molecular flexibility index (Phi) is 3.70. The molecule has 5 unspecified atom stereocenters. The van der Waals surface area contributed by atoms with Crippen molar-refractivity contribution in [3.05, 3.63) is 0 Å². The first-order valence-corrected chi connectivity index (χ1v) is 9.25. The fourth-order valence-corrected chi connectivity index (χ4v) is 6.25. The zero-order valence-corrected chi connectivity index (χ0v) is 15.4. The topological polar surface area (TPSA) is 26.3 Å². The second-order valence-corrected chi connectivity index (χ2v) is 10.4. The van der Waals surface area contributed by atoms with E-state index in [9.17, 15) is 4.79 Å². The molecule has 0 heterocycles. The van der Waals surface area contributed by atoms with Crippen LogP contribution in [0.5, 0.6) is 0 Å². The van der Waals surface area contributed by atoms with Gasteiger partial charge in [-0.3, -0.25) is 4.79 Å². The van der Waals surface area contributed by atoms with Crippen LogP contribution in [0.4, 0.5) is 0 Å². The van der Waals surface area contributed by atoms with E-state index in [-0.39, 0.29) is 17.0 Å². The number of carbonyl (C=O) groups excluding carboxylic acids is 1. The highest BCUT2D eigenvalue weighted by Gasteiger charge is 2.61. The summed E-state index contributed by atoms with van der Waals surface area (Å²) in [5, 5.41) is 0. The van der Waals surface area contributed by atoms with Gasteiger partial charge in [-0.1, -0.05) is 27.2 Å². The van der Waals surface area contributed by atoms with Gasteiger partial charge in [0, 0.05) is 5.92 Å². The van der Waals surface area contributed by atoms with Crippen molar-refractivity contribution in [2.75, 3.05) is 0 Å². The van der Waals surface area contributed by atoms with Crippen molar-refractivity contribution in [3.63, 3.8) is 0 Å². The lowest BCUT2D eigenvalue weighted by molar-refractivity contribution is -0.179. The van der Waals surface area contributed by atoms with Crippen LogP contribution in [0.3, 0.4) is 0 Å². The van der Waals surface area contributed by atoms with E-state index in [1.165, 1.54) is 25.7 Å². The van der Waals surface area contributed by atoms with Crippen molar-refractivity contribution in [2.24, 2.45) is 34.5 Å². The summed E-state index contributed by atoms with van der Waals surface area (Å²) < 4.78 is 6.21. The first kappa shape index (κ1) is 16.3. The number of hydrogen-bond donors (Lipinski definition) is 0. The average molecular weight is 306 g/mol. The Morgan fingerprint density at radius 1 is 1.14 bits per heavy atom. The fourth-order valence-electron chi connectivity index (χ4n) is 6.25. The van der Waals surface area contributed by atoms with E-state index in [1.54, 1.807) is 0 Å². The van der Waals surface area contributed by atoms with Gasteiger partial charge < -0.3 is 4.74 Å². The van der Waals surface area contributed by atoms with Crippen LogP contribution in [0.1, 0.15) is 80.1 Å². The number of hydrogen-bond acceptors (Lipinski definition) is 2. The Hall–Kier alpha value is -0.530. The Labute approximate surface area is 136 Å². The maximum Gasteiger partial charge on any atom is 0.312 e. The van der Waals surface area contributed by atoms with Crippen LogP contribution in [0, 0.1) is 34.5 Å². The van der Waals surface area contributed by atoms with Crippen molar-refractivity contribution in [1.82, 2.24) is 0 Å². The molecule has 2 nitrogen and oxygen atoms in total. The van der Waals surface area contributed by atoms with E-state index in [2.05, 4.69) is 41.5 Å². The predicted molar refractivity (Wildman–Crippen MR) is 89.4 cm³/mol. The highest BCUT2D eigenvalue weighted by atomic mass is 16.6. The monoisotopic (exact) mass is 306 g/mol. The first-order valence-electron chi connectivity index (χ1n) is 9.25. The standard InChI is InChI=1S/C20H34O2/c1-18(2,3)12-19(4,5)17(21)22-20(6)11-13-10-16(20)15-9-7-8-14(13)15/h13-16H,7-12H2,1-6H3. The first-order chi connectivity index (χ1) is 10.0. The molecule has 0 N–H and O–H groups in total. The third-order valence-corrected chi connectivity index (χ3v) is 6.61. The predicted octanol–water partition coefficient (Wildman–Crippen LogP) is 5.21. The molecule has 2 heteroatoms. The second-order valence-electron chi connectivity index (χ2n) is 10.4. The van der Waals surface area contributed by atoms with Crippen molar-refractivity contribution >= 4 is 5.97 Å². The molecule has 2 bridgehead atoms. The summed E-state index contributed by atoms with van der Waals surface area (Å²) in [6, 6.07) is 0. The molecule has 3 rings (SSSR count). The molecule has 0 aromatic carbocycles. The molecule has 0 aromatic heterocycles. The van der Waals surface area contributed by atoms with Crippen LogP contribution in [0.15, 0.2) is 0 Å². The number of rotatable bonds is 3. The van der Waals surface area contributed by atoms with Crippen LogP contribution in [0.25, 0.3) is 0 Å². The minimum Gasteiger partial charge on any atom is -0.459 e. The molecular weight excluding hydrogens is 272 g/mol. The molecule has 0 aliphatic heterocycles. The number of fused-ring (bicyclic) bond motifs is 5. The lowest BCUT2D eigenvalue weighted by atomic mass is 9.73. The Morgan fingerprint density at radius 2 is 1.77 bits per heavy atom. The molecule has 22 heavy (non-hydrogen) atoms. The van der Waals surface area contributed by atoms with Gasteiger partial charge >= 0.3 is 5.97 Å². The zero-order valence-electron chi connectivity index (χ0n) is 15.4. The molecule has 3 saturated carbocycles. The normalized spacial score (nSPS) is 40.8. The number of esters is 1. The van der Waals surface area contributed by atoms with Crippen LogP contribution in [-0.2, 0) is 9.53 Å². The Morgan fingerprint density at radius 3 is 2.41 bits per heavy atom. The van der Waals surface area contributed by atoms with E-state index < -0.39 is 5.41 Å². The van der Waals surface area contributed by atoms with Crippen LogP contribution >= 0.6 is 0 Å². The Bertz CT molecular complexity index is 459. The van der Waals surface area contributed by atoms with E-state index >= 15 is 0 Å². The molecule has 3 fully saturated rings. The largest absolute Gasteiger partial charge is 0.459 e. The fraction of sp³-hybridized carbons (Fsp3) is 0.950. The molecule has 0 aromatic rings. The number of carbonyl (C=O) groups is 1. The van der Waals surface area contributed by atoms with Crippen molar-refractivity contribution < 1.29 is 9.53 Å². The molecule has 0 radical (unpaired) electrons. The summed E-state index contributed by atoms with van der Waals surface area (Å²) in [7, 11) is 0. The molecule has 3 aliphatic rings. The highest BCUT2D eigenvalue weighted by molar-refractivity contribution is 5.76. The van der Waals surface area contributed by atoms with Gasteiger partial charge in [-0.15, -0.1) is 0 Å². The smallest absolute Gasteiger partial charge is 0.312 e. The summed E-state index contributed by atoms with van der Waals surface area (Å²) in [5.41, 5.74) is -0.435. The van der Waals surface area contributed by atoms with Gasteiger partial charge in [0.15, 0.2) is 0 Å². The SMILES string of the molecule is CC(C)(C)CC(C)(C)C(=O)OC1(C)CC2CC1C1CCCC21. The van der Waals surface area contributed by atoms with Gasteiger partial charge in [0.05, 0.1) is 5.41 Å². The van der Waals surface area contributed by atoms with E-state index in [0.717, 1.165) is 30.6 Å². The molecule has 0 saturated heterocycles. The van der Waals surface area contributed by atoms with Crippen LogP contribution in [0.2, 0.25) is 0 Å². The quantitative estimate of drug-likeness (QED) is 0.669. The second kappa shape index (κ2) is 4.98. The van der Waals surface area contributed by atoms with Gasteiger partial charge in [-0.25, -0.2) is 0 Å². The third-order valence-electron chi connectivity index (χ3n) is 6.61. The summed E-state index contributed by atoms with van der Waals surface area (Å²) in [4.78, 5) is 12.8. The summed E-state index contributed by atoms with van der Waals surface area (Å²) >= 11 is 0. The van der Waals surface area contributed by atoms with Crippen molar-refractivity contribution in [3.8, 4) is 0 Å². The zero-order chi connectivity index (χ0) is 16.3. The maximum absolute atomic E-state index is 12.8. The van der Waals surface area contributed by atoms with E-state index in [4.69, 9.17) is 4.74 Å². The lowest BCUT2D eigenvalue weighted by Crippen LogP contribution is -2.45. The molecule has 3 aliphatic carbocycles. The highest BCUT2D eigenvalue weighted by Crippen LogP contribution is 2.63. The van der Waals surface area contributed by atoms with Gasteiger partial charge in [0.25, 0.3) is 0 Å². The Balaban J connectivity index is 1.69. The van der Waals surface area contributed by atoms with Gasteiger partial charge in [-0.2, -0.15) is 0 Å². The summed E-state index contributed by atoms with van der Waals surface area (Å²) in [5.74, 6) is 3.24. The molecule has 0 amide bonds.